The largest absolute Gasteiger partial charge is 0.381 e. The van der Waals surface area contributed by atoms with Crippen molar-refractivity contribution in [2.24, 2.45) is 12.8 Å². The number of hydrogen-bond donors (Lipinski definition) is 2. The van der Waals surface area contributed by atoms with Crippen LogP contribution >= 0.6 is 0 Å². The van der Waals surface area contributed by atoms with Crippen molar-refractivity contribution >= 4 is 5.82 Å². The first-order valence-corrected chi connectivity index (χ1v) is 2.59. The van der Waals surface area contributed by atoms with Crippen LogP contribution in [-0.4, -0.2) is 15.0 Å². The molecule has 9 heavy (non-hydrogen) atoms. The second kappa shape index (κ2) is 2.02. The summed E-state index contributed by atoms with van der Waals surface area (Å²) in [6, 6.07) is 0. The van der Waals surface area contributed by atoms with Crippen LogP contribution in [0.4, 0.5) is 5.82 Å². The first-order valence-electron chi connectivity index (χ1n) is 2.59. The van der Waals surface area contributed by atoms with Crippen LogP contribution in [0.2, 0.25) is 0 Å². The molecule has 1 aromatic heterocycles. The zero-order valence-electron chi connectivity index (χ0n) is 5.20. The Bertz CT molecular complexity index is 183. The minimum Gasteiger partial charge on any atom is -0.381 e. The smallest absolute Gasteiger partial charge is 0.170 e. The van der Waals surface area contributed by atoms with E-state index in [4.69, 9.17) is 11.5 Å². The molecule has 0 aliphatic heterocycles. The lowest BCUT2D eigenvalue weighted by molar-refractivity contribution is 0.678. The van der Waals surface area contributed by atoms with Crippen molar-refractivity contribution < 1.29 is 0 Å². The Labute approximate surface area is 52.6 Å². The van der Waals surface area contributed by atoms with E-state index in [1.165, 1.54) is 0 Å². The van der Waals surface area contributed by atoms with Crippen LogP contribution in [0.25, 0.3) is 0 Å². The molecule has 0 saturated carbocycles. The Morgan fingerprint density at radius 1 is 1.67 bits per heavy atom. The number of aromatic nitrogens is 3. The lowest BCUT2D eigenvalue weighted by atomic mass is 10.4. The van der Waals surface area contributed by atoms with Gasteiger partial charge in [-0.3, -0.25) is 0 Å². The van der Waals surface area contributed by atoms with Gasteiger partial charge in [-0.1, -0.05) is 5.21 Å². The number of nitrogen functional groups attached to an aromatic ring is 1. The summed E-state index contributed by atoms with van der Waals surface area (Å²) in [5.41, 5.74) is 11.5. The van der Waals surface area contributed by atoms with Crippen LogP contribution in [0.5, 0.6) is 0 Å². The maximum atomic E-state index is 5.38. The molecule has 50 valence electrons. The van der Waals surface area contributed by atoms with Crippen LogP contribution in [0.3, 0.4) is 0 Å². The highest BCUT2D eigenvalue weighted by molar-refractivity contribution is 5.32. The molecule has 0 saturated heterocycles. The molecule has 0 aliphatic rings. The van der Waals surface area contributed by atoms with Crippen LogP contribution in [0.15, 0.2) is 0 Å². The third-order valence-electron chi connectivity index (χ3n) is 1.17. The van der Waals surface area contributed by atoms with E-state index in [0.717, 1.165) is 5.69 Å². The van der Waals surface area contributed by atoms with Crippen molar-refractivity contribution in [2.75, 3.05) is 5.73 Å². The summed E-state index contributed by atoms with van der Waals surface area (Å²) in [5, 5.41) is 7.25. The van der Waals surface area contributed by atoms with Gasteiger partial charge in [-0.15, -0.1) is 5.10 Å². The topological polar surface area (TPSA) is 82.8 Å². The van der Waals surface area contributed by atoms with E-state index >= 15 is 0 Å². The predicted molar refractivity (Wildman–Crippen MR) is 33.3 cm³/mol. The summed E-state index contributed by atoms with van der Waals surface area (Å²) < 4.78 is 1.56. The summed E-state index contributed by atoms with van der Waals surface area (Å²) in [4.78, 5) is 0. The highest BCUT2D eigenvalue weighted by atomic mass is 15.4. The molecule has 0 aromatic carbocycles. The molecule has 0 atom stereocenters. The van der Waals surface area contributed by atoms with E-state index in [-0.39, 0.29) is 0 Å². The van der Waals surface area contributed by atoms with Gasteiger partial charge in [-0.05, 0) is 0 Å². The third kappa shape index (κ3) is 0.857. The van der Waals surface area contributed by atoms with Crippen molar-refractivity contribution in [3.63, 3.8) is 0 Å². The first-order chi connectivity index (χ1) is 4.25. The molecule has 0 bridgehead atoms. The number of anilines is 1. The Hall–Kier alpha value is -1.10. The maximum absolute atomic E-state index is 5.38. The molecule has 1 rings (SSSR count). The third-order valence-corrected chi connectivity index (χ3v) is 1.17. The number of nitrogens with zero attached hydrogens (tertiary/aromatic N) is 3. The highest BCUT2D eigenvalue weighted by Gasteiger charge is 2.02. The molecular weight excluding hydrogens is 118 g/mol. The SMILES string of the molecule is Cn1nnc(N)c1CN. The molecule has 5 heteroatoms. The molecule has 0 radical (unpaired) electrons. The van der Waals surface area contributed by atoms with Gasteiger partial charge >= 0.3 is 0 Å². The average molecular weight is 127 g/mol. The molecule has 1 heterocycles. The van der Waals surface area contributed by atoms with Gasteiger partial charge in [-0.2, -0.15) is 0 Å². The number of rotatable bonds is 1. The standard InChI is InChI=1S/C4H9N5/c1-9-3(2-5)4(6)7-8-9/h2,5-6H2,1H3. The Balaban J connectivity index is 3.07. The van der Waals surface area contributed by atoms with E-state index in [9.17, 15) is 0 Å². The van der Waals surface area contributed by atoms with Crippen molar-refractivity contribution in [3.05, 3.63) is 5.69 Å². The van der Waals surface area contributed by atoms with E-state index in [1.807, 2.05) is 0 Å². The number of aryl methyl sites for hydroxylation is 1. The van der Waals surface area contributed by atoms with Crippen LogP contribution in [0.1, 0.15) is 5.69 Å². The highest BCUT2D eigenvalue weighted by Crippen LogP contribution is 2.02. The van der Waals surface area contributed by atoms with Crippen molar-refractivity contribution in [1.29, 1.82) is 0 Å². The summed E-state index contributed by atoms with van der Waals surface area (Å²) in [6.45, 7) is 0.384. The Kier molecular flexibility index (Phi) is 1.35. The Morgan fingerprint density at radius 2 is 2.33 bits per heavy atom. The summed E-state index contributed by atoms with van der Waals surface area (Å²) in [5.74, 6) is 0.417. The molecule has 0 spiro atoms. The number of hydrogen-bond acceptors (Lipinski definition) is 4. The predicted octanol–water partition coefficient (Wildman–Crippen LogP) is -1.14. The minimum atomic E-state index is 0.384. The van der Waals surface area contributed by atoms with Gasteiger partial charge in [0.15, 0.2) is 5.82 Å². The minimum absolute atomic E-state index is 0.384. The quantitative estimate of drug-likeness (QED) is 0.499. The molecule has 4 N–H and O–H groups in total. The van der Waals surface area contributed by atoms with E-state index < -0.39 is 0 Å². The fraction of sp³-hybridized carbons (Fsp3) is 0.500. The molecule has 1 aromatic rings. The van der Waals surface area contributed by atoms with E-state index in [2.05, 4.69) is 10.3 Å². The maximum Gasteiger partial charge on any atom is 0.170 e. The van der Waals surface area contributed by atoms with Crippen LogP contribution in [-0.2, 0) is 13.6 Å². The fourth-order valence-electron chi connectivity index (χ4n) is 0.629. The molecule has 0 aliphatic carbocycles. The van der Waals surface area contributed by atoms with Crippen molar-refractivity contribution in [2.45, 2.75) is 6.54 Å². The normalized spacial score (nSPS) is 10.0. The summed E-state index contributed by atoms with van der Waals surface area (Å²) in [7, 11) is 1.76. The summed E-state index contributed by atoms with van der Waals surface area (Å²) >= 11 is 0. The van der Waals surface area contributed by atoms with Gasteiger partial charge < -0.3 is 11.5 Å². The van der Waals surface area contributed by atoms with Gasteiger partial charge in [0.1, 0.15) is 0 Å². The zero-order valence-corrected chi connectivity index (χ0v) is 5.20. The molecular formula is C4H9N5. The fourth-order valence-corrected chi connectivity index (χ4v) is 0.629. The molecule has 5 nitrogen and oxygen atoms in total. The first kappa shape index (κ1) is 6.03. The monoisotopic (exact) mass is 127 g/mol. The summed E-state index contributed by atoms with van der Waals surface area (Å²) in [6.07, 6.45) is 0. The van der Waals surface area contributed by atoms with E-state index in [0.29, 0.717) is 12.4 Å². The van der Waals surface area contributed by atoms with Gasteiger partial charge in [0, 0.05) is 13.6 Å². The lowest BCUT2D eigenvalue weighted by Gasteiger charge is -1.93. The van der Waals surface area contributed by atoms with Gasteiger partial charge in [-0.25, -0.2) is 4.68 Å². The van der Waals surface area contributed by atoms with Crippen LogP contribution in [0, 0.1) is 0 Å². The van der Waals surface area contributed by atoms with Gasteiger partial charge in [0.05, 0.1) is 5.69 Å². The van der Waals surface area contributed by atoms with Gasteiger partial charge in [0.25, 0.3) is 0 Å². The zero-order chi connectivity index (χ0) is 6.85. The average Bonchev–Trinajstić information content (AvgIpc) is 2.12. The molecule has 0 fully saturated rings. The van der Waals surface area contributed by atoms with Crippen LogP contribution < -0.4 is 11.5 Å². The second-order valence-electron chi connectivity index (χ2n) is 1.75. The van der Waals surface area contributed by atoms with Crippen molar-refractivity contribution in [3.8, 4) is 0 Å². The lowest BCUT2D eigenvalue weighted by Crippen LogP contribution is -2.06. The van der Waals surface area contributed by atoms with Crippen molar-refractivity contribution in [1.82, 2.24) is 15.0 Å². The second-order valence-corrected chi connectivity index (χ2v) is 1.75. The molecule has 0 unspecified atom stereocenters. The Morgan fingerprint density at radius 3 is 2.56 bits per heavy atom. The van der Waals surface area contributed by atoms with E-state index in [1.54, 1.807) is 11.7 Å². The molecule has 0 amide bonds. The van der Waals surface area contributed by atoms with Gasteiger partial charge in [0.2, 0.25) is 0 Å². The number of nitrogens with two attached hydrogens (primary N) is 2.